The molecule has 1 atom stereocenters. The lowest BCUT2D eigenvalue weighted by atomic mass is 9.94. The summed E-state index contributed by atoms with van der Waals surface area (Å²) in [5.41, 5.74) is 0.893. The summed E-state index contributed by atoms with van der Waals surface area (Å²) in [5.74, 6) is -1.64. The third kappa shape index (κ3) is 4.22. The maximum Gasteiger partial charge on any atom is 0.295 e. The molecule has 2 aromatic rings. The van der Waals surface area contributed by atoms with E-state index >= 15 is 0 Å². The van der Waals surface area contributed by atoms with Gasteiger partial charge in [0.05, 0.1) is 17.7 Å². The molecular weight excluding hydrogens is 385 g/mol. The van der Waals surface area contributed by atoms with Gasteiger partial charge in [0.15, 0.2) is 0 Å². The van der Waals surface area contributed by atoms with E-state index in [1.807, 2.05) is 26.8 Å². The van der Waals surface area contributed by atoms with Gasteiger partial charge in [0, 0.05) is 17.7 Å². The molecule has 1 N–H and O–H groups in total. The lowest BCUT2D eigenvalue weighted by molar-refractivity contribution is -0.139. The van der Waals surface area contributed by atoms with Gasteiger partial charge in [0.25, 0.3) is 11.7 Å². The Bertz CT molecular complexity index is 965. The van der Waals surface area contributed by atoms with Crippen molar-refractivity contribution in [3.05, 3.63) is 71.0 Å². The van der Waals surface area contributed by atoms with E-state index in [1.165, 1.54) is 29.2 Å². The van der Waals surface area contributed by atoms with Gasteiger partial charge in [0.2, 0.25) is 0 Å². The van der Waals surface area contributed by atoms with E-state index < -0.39 is 23.5 Å². The van der Waals surface area contributed by atoms with E-state index in [0.29, 0.717) is 24.3 Å². The minimum atomic E-state index is -0.781. The number of halogens is 1. The molecule has 158 valence electrons. The smallest absolute Gasteiger partial charge is 0.295 e. The molecule has 1 unspecified atom stereocenters. The van der Waals surface area contributed by atoms with E-state index in [-0.39, 0.29) is 23.0 Å². The molecule has 0 spiro atoms. The molecule has 1 fully saturated rings. The van der Waals surface area contributed by atoms with Crippen molar-refractivity contribution in [3.8, 4) is 5.75 Å². The van der Waals surface area contributed by atoms with Crippen LogP contribution in [0.5, 0.6) is 5.75 Å². The van der Waals surface area contributed by atoms with Gasteiger partial charge in [-0.15, -0.1) is 0 Å². The number of carbonyl (C=O) groups is 2. The van der Waals surface area contributed by atoms with Crippen molar-refractivity contribution in [3.63, 3.8) is 0 Å². The number of Topliss-reactive ketones (excluding diaryl/α,β-unsaturated/α-hetero) is 1. The van der Waals surface area contributed by atoms with Crippen molar-refractivity contribution in [2.45, 2.75) is 45.8 Å². The molecule has 6 heteroatoms. The normalized spacial score (nSPS) is 18.3. The number of hydrogen-bond donors (Lipinski definition) is 1. The van der Waals surface area contributed by atoms with Crippen LogP contribution in [-0.4, -0.2) is 34.3 Å². The molecule has 2 aromatic carbocycles. The first kappa shape index (κ1) is 21.6. The Hall–Kier alpha value is -3.15. The number of aliphatic hydroxyl groups is 1. The van der Waals surface area contributed by atoms with Crippen LogP contribution in [0.2, 0.25) is 0 Å². The number of unbranched alkanes of at least 4 members (excludes halogenated alkanes) is 1. The number of carbonyl (C=O) groups excluding carboxylic acids is 2. The Morgan fingerprint density at radius 3 is 2.43 bits per heavy atom. The summed E-state index contributed by atoms with van der Waals surface area (Å²) in [6, 6.07) is 11.6. The molecular formula is C24H26FNO4. The van der Waals surface area contributed by atoms with Crippen molar-refractivity contribution in [1.29, 1.82) is 0 Å². The van der Waals surface area contributed by atoms with Gasteiger partial charge in [0.1, 0.15) is 17.3 Å². The Balaban J connectivity index is 2.19. The molecule has 30 heavy (non-hydrogen) atoms. The molecule has 1 saturated heterocycles. The fraction of sp³-hybridized carbons (Fsp3) is 0.333. The summed E-state index contributed by atoms with van der Waals surface area (Å²) in [7, 11) is 0. The lowest BCUT2D eigenvalue weighted by Gasteiger charge is -2.27. The van der Waals surface area contributed by atoms with Crippen LogP contribution in [0.4, 0.5) is 4.39 Å². The molecule has 1 aliphatic rings. The average molecular weight is 411 g/mol. The summed E-state index contributed by atoms with van der Waals surface area (Å²) < 4.78 is 19.3. The SMILES string of the molecule is CCCCN1C(=O)C(=O)/C(=C(\O)c2ccc(F)cc2)C1c1ccccc1OC(C)C. The molecule has 0 aliphatic carbocycles. The highest BCUT2D eigenvalue weighted by Gasteiger charge is 2.46. The fourth-order valence-electron chi connectivity index (χ4n) is 3.59. The topological polar surface area (TPSA) is 66.8 Å². The quantitative estimate of drug-likeness (QED) is 0.402. The van der Waals surface area contributed by atoms with Gasteiger partial charge in [-0.2, -0.15) is 0 Å². The Morgan fingerprint density at radius 2 is 1.80 bits per heavy atom. The van der Waals surface area contributed by atoms with Gasteiger partial charge >= 0.3 is 0 Å². The van der Waals surface area contributed by atoms with Crippen molar-refractivity contribution >= 4 is 17.4 Å². The second kappa shape index (κ2) is 9.11. The summed E-state index contributed by atoms with van der Waals surface area (Å²) in [6.07, 6.45) is 1.45. The predicted molar refractivity (Wildman–Crippen MR) is 113 cm³/mol. The maximum atomic E-state index is 13.3. The Kier molecular flexibility index (Phi) is 6.55. The predicted octanol–water partition coefficient (Wildman–Crippen LogP) is 4.83. The highest BCUT2D eigenvalue weighted by Crippen LogP contribution is 2.43. The molecule has 5 nitrogen and oxygen atoms in total. The third-order valence-electron chi connectivity index (χ3n) is 4.99. The third-order valence-corrected chi connectivity index (χ3v) is 4.99. The summed E-state index contributed by atoms with van der Waals surface area (Å²) in [5, 5.41) is 11.0. The van der Waals surface area contributed by atoms with Crippen LogP contribution in [0.15, 0.2) is 54.1 Å². The first-order chi connectivity index (χ1) is 14.3. The molecule has 1 heterocycles. The number of nitrogens with zero attached hydrogens (tertiary/aromatic N) is 1. The van der Waals surface area contributed by atoms with Gasteiger partial charge < -0.3 is 14.7 Å². The van der Waals surface area contributed by atoms with E-state index in [1.54, 1.807) is 18.2 Å². The monoisotopic (exact) mass is 411 g/mol. The molecule has 0 radical (unpaired) electrons. The minimum Gasteiger partial charge on any atom is -0.507 e. The van der Waals surface area contributed by atoms with Crippen molar-refractivity contribution in [1.82, 2.24) is 4.90 Å². The first-order valence-corrected chi connectivity index (χ1v) is 10.1. The maximum absolute atomic E-state index is 13.3. The van der Waals surface area contributed by atoms with Crippen molar-refractivity contribution in [2.24, 2.45) is 0 Å². The van der Waals surface area contributed by atoms with Gasteiger partial charge in [-0.3, -0.25) is 9.59 Å². The minimum absolute atomic E-state index is 0.0116. The van der Waals surface area contributed by atoms with Crippen LogP contribution in [0, 0.1) is 5.82 Å². The van der Waals surface area contributed by atoms with Crippen LogP contribution in [0.3, 0.4) is 0 Å². The zero-order chi connectivity index (χ0) is 21.8. The standard InChI is InChI=1S/C24H26FNO4/c1-4-5-14-26-21(18-8-6-7-9-19(18)30-15(2)3)20(23(28)24(26)29)22(27)16-10-12-17(25)13-11-16/h6-13,15,21,27H,4-5,14H2,1-3H3/b22-20-. The van der Waals surface area contributed by atoms with E-state index in [2.05, 4.69) is 0 Å². The number of ketones is 1. The lowest BCUT2D eigenvalue weighted by Crippen LogP contribution is -2.31. The number of ether oxygens (including phenoxy) is 1. The van der Waals surface area contributed by atoms with Gasteiger partial charge in [-0.25, -0.2) is 4.39 Å². The Labute approximate surface area is 175 Å². The van der Waals surface area contributed by atoms with Crippen LogP contribution in [-0.2, 0) is 9.59 Å². The van der Waals surface area contributed by atoms with Crippen molar-refractivity contribution < 1.29 is 23.8 Å². The number of likely N-dealkylation sites (tertiary alicyclic amines) is 1. The summed E-state index contributed by atoms with van der Waals surface area (Å²) in [4.78, 5) is 27.3. The fourth-order valence-corrected chi connectivity index (χ4v) is 3.59. The van der Waals surface area contributed by atoms with Crippen LogP contribution >= 0.6 is 0 Å². The van der Waals surface area contributed by atoms with Gasteiger partial charge in [-0.1, -0.05) is 31.5 Å². The van der Waals surface area contributed by atoms with Crippen molar-refractivity contribution in [2.75, 3.05) is 6.54 Å². The second-order valence-corrected chi connectivity index (χ2v) is 7.56. The average Bonchev–Trinajstić information content (AvgIpc) is 2.97. The zero-order valence-corrected chi connectivity index (χ0v) is 17.4. The highest BCUT2D eigenvalue weighted by atomic mass is 19.1. The molecule has 3 rings (SSSR count). The largest absolute Gasteiger partial charge is 0.507 e. The molecule has 0 bridgehead atoms. The number of hydrogen-bond acceptors (Lipinski definition) is 4. The number of benzene rings is 2. The van der Waals surface area contributed by atoms with Gasteiger partial charge in [-0.05, 0) is 50.6 Å². The second-order valence-electron chi connectivity index (χ2n) is 7.56. The summed E-state index contributed by atoms with van der Waals surface area (Å²) in [6.45, 7) is 6.16. The van der Waals surface area contributed by atoms with E-state index in [9.17, 15) is 19.1 Å². The number of rotatable bonds is 7. The van der Waals surface area contributed by atoms with Crippen LogP contribution < -0.4 is 4.74 Å². The Morgan fingerprint density at radius 1 is 1.13 bits per heavy atom. The molecule has 0 aromatic heterocycles. The molecule has 0 saturated carbocycles. The highest BCUT2D eigenvalue weighted by molar-refractivity contribution is 6.46. The van der Waals surface area contributed by atoms with E-state index in [4.69, 9.17) is 4.74 Å². The number of amides is 1. The zero-order valence-electron chi connectivity index (χ0n) is 17.4. The van der Waals surface area contributed by atoms with Crippen LogP contribution in [0.1, 0.15) is 50.8 Å². The number of aliphatic hydroxyl groups excluding tert-OH is 1. The molecule has 1 amide bonds. The summed E-state index contributed by atoms with van der Waals surface area (Å²) >= 11 is 0. The van der Waals surface area contributed by atoms with E-state index in [0.717, 1.165) is 6.42 Å². The molecule has 1 aliphatic heterocycles. The van der Waals surface area contributed by atoms with Crippen LogP contribution in [0.25, 0.3) is 5.76 Å². The first-order valence-electron chi connectivity index (χ1n) is 10.1. The number of para-hydroxylation sites is 1.